The summed E-state index contributed by atoms with van der Waals surface area (Å²) in [7, 11) is 1.35. The van der Waals surface area contributed by atoms with Gasteiger partial charge in [-0.1, -0.05) is 27.7 Å². The number of hydrogen-bond acceptors (Lipinski definition) is 5. The summed E-state index contributed by atoms with van der Waals surface area (Å²) in [5.41, 5.74) is 0.552. The number of ether oxygens (including phenoxy) is 1. The molecule has 2 rings (SSSR count). The predicted molar refractivity (Wildman–Crippen MR) is 94.9 cm³/mol. The van der Waals surface area contributed by atoms with E-state index in [0.29, 0.717) is 30.6 Å². The molecule has 1 heterocycles. The molecule has 1 aliphatic carbocycles. The van der Waals surface area contributed by atoms with E-state index < -0.39 is 5.97 Å². The second-order valence-electron chi connectivity index (χ2n) is 7.94. The SMILES string of the molecule is COC(=O)c1csc(CN(C(=O)CC(C)CC(C)(C)C)C2CC2)n1. The Kier molecular flexibility index (Phi) is 6.01. The first-order valence-electron chi connectivity index (χ1n) is 8.52. The third kappa shape index (κ3) is 5.58. The minimum Gasteiger partial charge on any atom is -0.464 e. The molecule has 0 spiro atoms. The standard InChI is InChI=1S/C18H28N2O3S/c1-12(9-18(2,3)4)8-16(21)20(13-6-7-13)10-15-19-14(11-24-15)17(22)23-5/h11-13H,6-10H2,1-5H3. The van der Waals surface area contributed by atoms with Crippen molar-refractivity contribution in [3.05, 3.63) is 16.1 Å². The first-order valence-corrected chi connectivity index (χ1v) is 9.40. The number of thiazole rings is 1. The quantitative estimate of drug-likeness (QED) is 0.699. The Labute approximate surface area is 148 Å². The summed E-state index contributed by atoms with van der Waals surface area (Å²) < 4.78 is 4.69. The summed E-state index contributed by atoms with van der Waals surface area (Å²) in [6.45, 7) is 9.25. The van der Waals surface area contributed by atoms with Crippen LogP contribution in [-0.2, 0) is 16.1 Å². The van der Waals surface area contributed by atoms with Gasteiger partial charge in [-0.3, -0.25) is 4.79 Å². The van der Waals surface area contributed by atoms with Crippen molar-refractivity contribution >= 4 is 23.2 Å². The highest BCUT2D eigenvalue weighted by Crippen LogP contribution is 2.32. The van der Waals surface area contributed by atoms with Crippen molar-refractivity contribution in [2.45, 2.75) is 66.0 Å². The lowest BCUT2D eigenvalue weighted by molar-refractivity contribution is -0.133. The van der Waals surface area contributed by atoms with Crippen LogP contribution in [0.1, 0.15) is 68.9 Å². The lowest BCUT2D eigenvalue weighted by Gasteiger charge is -2.26. The van der Waals surface area contributed by atoms with Crippen LogP contribution in [0.25, 0.3) is 0 Å². The van der Waals surface area contributed by atoms with Crippen molar-refractivity contribution in [2.24, 2.45) is 11.3 Å². The van der Waals surface area contributed by atoms with Crippen LogP contribution >= 0.6 is 11.3 Å². The third-order valence-corrected chi connectivity index (χ3v) is 4.88. The normalized spacial score (nSPS) is 15.9. The molecule has 1 aromatic heterocycles. The van der Waals surface area contributed by atoms with Crippen LogP contribution in [-0.4, -0.2) is 34.9 Å². The second kappa shape index (κ2) is 7.64. The molecule has 0 aromatic carbocycles. The van der Waals surface area contributed by atoms with Crippen molar-refractivity contribution in [2.75, 3.05) is 7.11 Å². The highest BCUT2D eigenvalue weighted by atomic mass is 32.1. The number of esters is 1. The van der Waals surface area contributed by atoms with Gasteiger partial charge in [0.1, 0.15) is 5.01 Å². The number of methoxy groups -OCH3 is 1. The summed E-state index contributed by atoms with van der Waals surface area (Å²) in [5, 5.41) is 2.48. The number of aromatic nitrogens is 1. The molecule has 24 heavy (non-hydrogen) atoms. The zero-order chi connectivity index (χ0) is 17.9. The summed E-state index contributed by atoms with van der Waals surface area (Å²) >= 11 is 1.41. The zero-order valence-corrected chi connectivity index (χ0v) is 16.1. The highest BCUT2D eigenvalue weighted by Gasteiger charge is 2.34. The zero-order valence-electron chi connectivity index (χ0n) is 15.3. The maximum atomic E-state index is 12.7. The van der Waals surface area contributed by atoms with E-state index in [9.17, 15) is 9.59 Å². The van der Waals surface area contributed by atoms with Crippen molar-refractivity contribution in [1.82, 2.24) is 9.88 Å². The number of hydrogen-bond donors (Lipinski definition) is 0. The molecule has 0 radical (unpaired) electrons. The summed E-state index contributed by atoms with van der Waals surface area (Å²) in [6, 6.07) is 0.338. The third-order valence-electron chi connectivity index (χ3n) is 4.04. The monoisotopic (exact) mass is 352 g/mol. The van der Waals surface area contributed by atoms with Gasteiger partial charge in [-0.15, -0.1) is 11.3 Å². The fourth-order valence-electron chi connectivity index (χ4n) is 3.07. The van der Waals surface area contributed by atoms with Gasteiger partial charge in [0.15, 0.2) is 5.69 Å². The van der Waals surface area contributed by atoms with E-state index in [1.807, 2.05) is 4.90 Å². The molecule has 1 atom stereocenters. The van der Waals surface area contributed by atoms with Crippen LogP contribution in [0.4, 0.5) is 0 Å². The molecule has 1 aromatic rings. The van der Waals surface area contributed by atoms with Gasteiger partial charge in [-0.25, -0.2) is 9.78 Å². The number of carbonyl (C=O) groups is 2. The molecular formula is C18H28N2O3S. The van der Waals surface area contributed by atoms with Crippen molar-refractivity contribution < 1.29 is 14.3 Å². The van der Waals surface area contributed by atoms with Crippen LogP contribution in [0.2, 0.25) is 0 Å². The number of carbonyl (C=O) groups excluding carboxylic acids is 2. The van der Waals surface area contributed by atoms with Gasteiger partial charge in [0.25, 0.3) is 0 Å². The van der Waals surface area contributed by atoms with Crippen LogP contribution in [0.5, 0.6) is 0 Å². The first kappa shape index (κ1) is 18.9. The average Bonchev–Trinajstić information content (AvgIpc) is 3.20. The largest absolute Gasteiger partial charge is 0.464 e. The van der Waals surface area contributed by atoms with Gasteiger partial charge in [-0.05, 0) is 30.6 Å². The highest BCUT2D eigenvalue weighted by molar-refractivity contribution is 7.09. The van der Waals surface area contributed by atoms with Gasteiger partial charge in [0.2, 0.25) is 5.91 Å². The fraction of sp³-hybridized carbons (Fsp3) is 0.722. The maximum absolute atomic E-state index is 12.7. The van der Waals surface area contributed by atoms with Crippen molar-refractivity contribution in [1.29, 1.82) is 0 Å². The molecule has 1 aliphatic rings. The maximum Gasteiger partial charge on any atom is 0.357 e. The van der Waals surface area contributed by atoms with E-state index in [1.54, 1.807) is 5.38 Å². The molecule has 0 saturated heterocycles. The average molecular weight is 353 g/mol. The number of rotatable bonds is 7. The van der Waals surface area contributed by atoms with E-state index in [1.165, 1.54) is 18.4 Å². The Balaban J connectivity index is 1.98. The van der Waals surface area contributed by atoms with Gasteiger partial charge >= 0.3 is 5.97 Å². The van der Waals surface area contributed by atoms with E-state index >= 15 is 0 Å². The van der Waals surface area contributed by atoms with Crippen LogP contribution in [0, 0.1) is 11.3 Å². The minimum atomic E-state index is -0.430. The van der Waals surface area contributed by atoms with Crippen LogP contribution in [0.15, 0.2) is 5.38 Å². The molecule has 1 amide bonds. The molecule has 0 bridgehead atoms. The molecule has 5 nitrogen and oxygen atoms in total. The van der Waals surface area contributed by atoms with E-state index in [2.05, 4.69) is 37.4 Å². The summed E-state index contributed by atoms with van der Waals surface area (Å²) in [6.07, 6.45) is 3.73. The van der Waals surface area contributed by atoms with Crippen LogP contribution in [0.3, 0.4) is 0 Å². The minimum absolute atomic E-state index is 0.198. The Morgan fingerprint density at radius 3 is 2.62 bits per heavy atom. The summed E-state index contributed by atoms with van der Waals surface area (Å²) in [4.78, 5) is 30.5. The first-order chi connectivity index (χ1) is 11.2. The van der Waals surface area contributed by atoms with Crippen LogP contribution < -0.4 is 0 Å². The van der Waals surface area contributed by atoms with Gasteiger partial charge in [-0.2, -0.15) is 0 Å². The molecule has 0 aliphatic heterocycles. The Morgan fingerprint density at radius 2 is 2.08 bits per heavy atom. The predicted octanol–water partition coefficient (Wildman–Crippen LogP) is 3.88. The van der Waals surface area contributed by atoms with Gasteiger partial charge < -0.3 is 9.64 Å². The Bertz CT molecular complexity index is 587. The molecule has 1 fully saturated rings. The van der Waals surface area contributed by atoms with E-state index in [-0.39, 0.29) is 11.3 Å². The second-order valence-corrected chi connectivity index (χ2v) is 8.89. The fourth-order valence-corrected chi connectivity index (χ4v) is 3.83. The van der Waals surface area contributed by atoms with Gasteiger partial charge in [0.05, 0.1) is 13.7 Å². The van der Waals surface area contributed by atoms with E-state index in [4.69, 9.17) is 0 Å². The molecule has 1 unspecified atom stereocenters. The molecule has 6 heteroatoms. The molecule has 134 valence electrons. The lowest BCUT2D eigenvalue weighted by atomic mass is 9.84. The molecular weight excluding hydrogens is 324 g/mol. The molecule has 0 N–H and O–H groups in total. The van der Waals surface area contributed by atoms with E-state index in [0.717, 1.165) is 24.3 Å². The van der Waals surface area contributed by atoms with Gasteiger partial charge in [0, 0.05) is 17.8 Å². The molecule has 1 saturated carbocycles. The van der Waals surface area contributed by atoms with Crippen molar-refractivity contribution in [3.63, 3.8) is 0 Å². The number of amides is 1. The smallest absolute Gasteiger partial charge is 0.357 e. The van der Waals surface area contributed by atoms with Crippen molar-refractivity contribution in [3.8, 4) is 0 Å². The Morgan fingerprint density at radius 1 is 1.42 bits per heavy atom. The number of nitrogens with zero attached hydrogens (tertiary/aromatic N) is 2. The topological polar surface area (TPSA) is 59.5 Å². The summed E-state index contributed by atoms with van der Waals surface area (Å²) in [5.74, 6) is 0.130. The Hall–Kier alpha value is -1.43. The lowest BCUT2D eigenvalue weighted by Crippen LogP contribution is -2.34.